The lowest BCUT2D eigenvalue weighted by molar-refractivity contribution is -0.275. The second-order valence-corrected chi connectivity index (χ2v) is 4.79. The van der Waals surface area contributed by atoms with Crippen LogP contribution in [0.15, 0.2) is 24.3 Å². The Bertz CT molecular complexity index is 453. The number of benzene rings is 1. The molecule has 20 heavy (non-hydrogen) atoms. The first-order valence-electron chi connectivity index (χ1n) is 6.37. The van der Waals surface area contributed by atoms with Crippen molar-refractivity contribution in [2.24, 2.45) is 5.84 Å². The molecule has 1 saturated heterocycles. The maximum Gasteiger partial charge on any atom is 0.573 e. The van der Waals surface area contributed by atoms with Crippen molar-refractivity contribution in [2.45, 2.75) is 44.4 Å². The number of nitrogens with one attached hydrogen (secondary N) is 1. The number of alkyl halides is 3. The Morgan fingerprint density at radius 2 is 2.05 bits per heavy atom. The topological polar surface area (TPSA) is 56.5 Å². The molecule has 0 spiro atoms. The molecule has 7 heteroatoms. The number of rotatable bonds is 4. The average Bonchev–Trinajstić information content (AvgIpc) is 2.77. The van der Waals surface area contributed by atoms with Crippen molar-refractivity contribution in [3.63, 3.8) is 0 Å². The van der Waals surface area contributed by atoms with E-state index in [-0.39, 0.29) is 18.0 Å². The molecular weight excluding hydrogens is 273 g/mol. The Labute approximate surface area is 115 Å². The molecule has 1 aliphatic rings. The molecule has 1 aromatic carbocycles. The molecule has 1 aromatic rings. The molecule has 3 atom stereocenters. The zero-order valence-electron chi connectivity index (χ0n) is 11.0. The molecule has 0 amide bonds. The summed E-state index contributed by atoms with van der Waals surface area (Å²) in [5.74, 6) is 5.24. The molecular formula is C13H17F3N2O2. The van der Waals surface area contributed by atoms with Crippen LogP contribution in [0.5, 0.6) is 5.75 Å². The summed E-state index contributed by atoms with van der Waals surface area (Å²) in [5.41, 5.74) is 2.87. The van der Waals surface area contributed by atoms with Gasteiger partial charge in [-0.2, -0.15) is 0 Å². The number of halogens is 3. The first kappa shape index (κ1) is 15.1. The number of hydrazine groups is 1. The van der Waals surface area contributed by atoms with Crippen LogP contribution in [0.1, 0.15) is 31.4 Å². The minimum atomic E-state index is -4.74. The van der Waals surface area contributed by atoms with E-state index in [2.05, 4.69) is 10.2 Å². The van der Waals surface area contributed by atoms with Crippen molar-refractivity contribution in [3.8, 4) is 5.75 Å². The van der Waals surface area contributed by atoms with E-state index in [0.717, 1.165) is 12.8 Å². The van der Waals surface area contributed by atoms with Crippen LogP contribution in [0, 0.1) is 0 Å². The number of hydrogen-bond donors (Lipinski definition) is 2. The van der Waals surface area contributed by atoms with E-state index in [1.807, 2.05) is 6.92 Å². The molecule has 112 valence electrons. The van der Waals surface area contributed by atoms with Crippen LogP contribution >= 0.6 is 0 Å². The van der Waals surface area contributed by atoms with Gasteiger partial charge in [0.2, 0.25) is 0 Å². The largest absolute Gasteiger partial charge is 0.573 e. The van der Waals surface area contributed by atoms with Crippen molar-refractivity contribution in [1.82, 2.24) is 5.43 Å². The van der Waals surface area contributed by atoms with Crippen molar-refractivity contribution < 1.29 is 22.6 Å². The molecule has 1 aliphatic heterocycles. The standard InChI is InChI=1S/C13H17F3N2O2/c1-8-6-7-11(19-8)12(18-17)9-4-2-3-5-10(9)20-13(14,15)16/h2-5,8,11-12,18H,6-7,17H2,1H3. The third-order valence-corrected chi connectivity index (χ3v) is 3.30. The van der Waals surface area contributed by atoms with Gasteiger partial charge in [-0.15, -0.1) is 13.2 Å². The van der Waals surface area contributed by atoms with Crippen LogP contribution in [0.3, 0.4) is 0 Å². The third kappa shape index (κ3) is 3.62. The lowest BCUT2D eigenvalue weighted by atomic mass is 9.99. The van der Waals surface area contributed by atoms with Crippen LogP contribution in [0.4, 0.5) is 13.2 Å². The Balaban J connectivity index is 2.25. The van der Waals surface area contributed by atoms with Gasteiger partial charge in [-0.25, -0.2) is 0 Å². The Hall–Kier alpha value is -1.31. The molecule has 4 nitrogen and oxygen atoms in total. The normalized spacial score (nSPS) is 24.6. The maximum absolute atomic E-state index is 12.4. The van der Waals surface area contributed by atoms with E-state index in [4.69, 9.17) is 10.6 Å². The highest BCUT2D eigenvalue weighted by Gasteiger charge is 2.36. The second-order valence-electron chi connectivity index (χ2n) is 4.79. The minimum Gasteiger partial charge on any atom is -0.405 e. The van der Waals surface area contributed by atoms with Crippen molar-refractivity contribution >= 4 is 0 Å². The fourth-order valence-corrected chi connectivity index (χ4v) is 2.43. The summed E-state index contributed by atoms with van der Waals surface area (Å²) in [6, 6.07) is 5.40. The van der Waals surface area contributed by atoms with Gasteiger partial charge in [-0.05, 0) is 25.8 Å². The van der Waals surface area contributed by atoms with Gasteiger partial charge in [0, 0.05) is 5.56 Å². The highest BCUT2D eigenvalue weighted by Crippen LogP contribution is 2.35. The molecule has 0 aromatic heterocycles. The molecule has 0 bridgehead atoms. The molecule has 1 fully saturated rings. The first-order chi connectivity index (χ1) is 9.40. The summed E-state index contributed by atoms with van der Waals surface area (Å²) >= 11 is 0. The Kier molecular flexibility index (Phi) is 4.52. The van der Waals surface area contributed by atoms with Crippen LogP contribution in [0.2, 0.25) is 0 Å². The van der Waals surface area contributed by atoms with E-state index < -0.39 is 12.4 Å². The van der Waals surface area contributed by atoms with Gasteiger partial charge in [0.05, 0.1) is 18.2 Å². The highest BCUT2D eigenvalue weighted by atomic mass is 19.4. The van der Waals surface area contributed by atoms with Gasteiger partial charge in [-0.3, -0.25) is 11.3 Å². The molecule has 0 radical (unpaired) electrons. The summed E-state index contributed by atoms with van der Waals surface area (Å²) in [6.45, 7) is 1.92. The second kappa shape index (κ2) is 5.99. The zero-order valence-corrected chi connectivity index (χ0v) is 11.0. The number of para-hydroxylation sites is 1. The zero-order chi connectivity index (χ0) is 14.8. The fraction of sp³-hybridized carbons (Fsp3) is 0.538. The highest BCUT2D eigenvalue weighted by molar-refractivity contribution is 5.36. The third-order valence-electron chi connectivity index (χ3n) is 3.30. The smallest absolute Gasteiger partial charge is 0.405 e. The Morgan fingerprint density at radius 3 is 2.60 bits per heavy atom. The quantitative estimate of drug-likeness (QED) is 0.661. The monoisotopic (exact) mass is 290 g/mol. The van der Waals surface area contributed by atoms with Gasteiger partial charge in [-0.1, -0.05) is 18.2 Å². The summed E-state index contributed by atoms with van der Waals surface area (Å²) in [7, 11) is 0. The lowest BCUT2D eigenvalue weighted by Gasteiger charge is -2.25. The molecule has 0 aliphatic carbocycles. The molecule has 0 saturated carbocycles. The van der Waals surface area contributed by atoms with E-state index in [1.165, 1.54) is 12.1 Å². The molecule has 1 heterocycles. The first-order valence-corrected chi connectivity index (χ1v) is 6.37. The van der Waals surface area contributed by atoms with Gasteiger partial charge in [0.15, 0.2) is 0 Å². The summed E-state index contributed by atoms with van der Waals surface area (Å²) in [6.07, 6.45) is -3.35. The predicted octanol–water partition coefficient (Wildman–Crippen LogP) is 2.66. The van der Waals surface area contributed by atoms with E-state index in [9.17, 15) is 13.2 Å². The number of hydrogen-bond acceptors (Lipinski definition) is 4. The predicted molar refractivity (Wildman–Crippen MR) is 66.8 cm³/mol. The van der Waals surface area contributed by atoms with Gasteiger partial charge >= 0.3 is 6.36 Å². The van der Waals surface area contributed by atoms with Gasteiger partial charge in [0.1, 0.15) is 5.75 Å². The molecule has 3 N–H and O–H groups in total. The van der Waals surface area contributed by atoms with Crippen LogP contribution in [-0.4, -0.2) is 18.6 Å². The molecule has 2 rings (SSSR count). The summed E-state index contributed by atoms with van der Waals surface area (Å²) < 4.78 is 47.0. The van der Waals surface area contributed by atoms with E-state index >= 15 is 0 Å². The van der Waals surface area contributed by atoms with Crippen molar-refractivity contribution in [2.75, 3.05) is 0 Å². The number of ether oxygens (including phenoxy) is 2. The SMILES string of the molecule is CC1CCC(C(NN)c2ccccc2OC(F)(F)F)O1. The summed E-state index contributed by atoms with van der Waals surface area (Å²) in [4.78, 5) is 0. The van der Waals surface area contributed by atoms with E-state index in [1.54, 1.807) is 12.1 Å². The minimum absolute atomic E-state index is 0.0755. The van der Waals surface area contributed by atoms with Crippen molar-refractivity contribution in [3.05, 3.63) is 29.8 Å². The molecule has 3 unspecified atom stereocenters. The summed E-state index contributed by atoms with van der Waals surface area (Å²) in [5, 5.41) is 0. The lowest BCUT2D eigenvalue weighted by Crippen LogP contribution is -2.37. The number of nitrogens with two attached hydrogens (primary N) is 1. The van der Waals surface area contributed by atoms with Gasteiger partial charge < -0.3 is 9.47 Å². The van der Waals surface area contributed by atoms with Crippen LogP contribution < -0.4 is 16.0 Å². The fourth-order valence-electron chi connectivity index (χ4n) is 2.43. The Morgan fingerprint density at radius 1 is 1.35 bits per heavy atom. The van der Waals surface area contributed by atoms with E-state index in [0.29, 0.717) is 5.56 Å². The van der Waals surface area contributed by atoms with Crippen molar-refractivity contribution in [1.29, 1.82) is 0 Å². The van der Waals surface area contributed by atoms with Crippen LogP contribution in [0.25, 0.3) is 0 Å². The van der Waals surface area contributed by atoms with Gasteiger partial charge in [0.25, 0.3) is 0 Å². The average molecular weight is 290 g/mol. The van der Waals surface area contributed by atoms with Crippen LogP contribution in [-0.2, 0) is 4.74 Å². The maximum atomic E-state index is 12.4.